The normalized spacial score (nSPS) is 32.5. The third-order valence-corrected chi connectivity index (χ3v) is 5.69. The number of hydrogen-bond donors (Lipinski definition) is 0. The Hall–Kier alpha value is -1.16. The van der Waals surface area contributed by atoms with E-state index in [1.165, 1.54) is 0 Å². The molecule has 1 aromatic rings. The number of esters is 1. The molecule has 17 heavy (non-hydrogen) atoms. The summed E-state index contributed by atoms with van der Waals surface area (Å²) in [4.78, 5) is 12.6. The van der Waals surface area contributed by atoms with E-state index in [0.29, 0.717) is 13.0 Å². The highest BCUT2D eigenvalue weighted by atomic mass is 32.2. The number of benzene rings is 1. The van der Waals surface area contributed by atoms with Crippen LogP contribution in [0.15, 0.2) is 29.2 Å². The van der Waals surface area contributed by atoms with Crippen molar-refractivity contribution in [1.82, 2.24) is 0 Å². The minimum absolute atomic E-state index is 0.255. The van der Waals surface area contributed by atoms with E-state index in [4.69, 9.17) is 4.74 Å². The first kappa shape index (κ1) is 11.0. The van der Waals surface area contributed by atoms with Crippen LogP contribution in [0.1, 0.15) is 18.4 Å². The summed E-state index contributed by atoms with van der Waals surface area (Å²) in [7, 11) is -1.27. The van der Waals surface area contributed by atoms with Gasteiger partial charge >= 0.3 is 5.97 Å². The lowest BCUT2D eigenvalue weighted by molar-refractivity contribution is -0.146. The van der Waals surface area contributed by atoms with Crippen LogP contribution in [0, 0.1) is 12.8 Å². The highest BCUT2D eigenvalue weighted by Gasteiger charge is 2.67. The van der Waals surface area contributed by atoms with Crippen molar-refractivity contribution in [3.05, 3.63) is 29.8 Å². The summed E-state index contributed by atoms with van der Waals surface area (Å²) in [6.45, 7) is 2.47. The SMILES string of the molecule is Cc1ccc(S(=O)[C@@]23C[C@@H]2CCOC3=O)cc1. The zero-order chi connectivity index (χ0) is 12.0. The molecule has 1 aliphatic carbocycles. The van der Waals surface area contributed by atoms with E-state index in [9.17, 15) is 9.00 Å². The van der Waals surface area contributed by atoms with E-state index in [2.05, 4.69) is 0 Å². The molecule has 2 fully saturated rings. The van der Waals surface area contributed by atoms with E-state index in [-0.39, 0.29) is 11.9 Å². The second-order valence-electron chi connectivity index (χ2n) is 4.80. The Labute approximate surface area is 103 Å². The van der Waals surface area contributed by atoms with E-state index >= 15 is 0 Å². The Morgan fingerprint density at radius 3 is 2.71 bits per heavy atom. The van der Waals surface area contributed by atoms with Gasteiger partial charge in [-0.05, 0) is 37.8 Å². The molecule has 0 aromatic heterocycles. The lowest BCUT2D eigenvalue weighted by atomic mass is 10.2. The molecular weight excluding hydrogens is 236 g/mol. The summed E-state index contributed by atoms with van der Waals surface area (Å²) in [5.41, 5.74) is 1.13. The smallest absolute Gasteiger partial charge is 0.325 e. The highest BCUT2D eigenvalue weighted by molar-refractivity contribution is 7.87. The summed E-state index contributed by atoms with van der Waals surface area (Å²) in [6, 6.07) is 7.54. The van der Waals surface area contributed by atoms with Crippen LogP contribution in [0.5, 0.6) is 0 Å². The molecule has 0 spiro atoms. The fraction of sp³-hybridized carbons (Fsp3) is 0.462. The fourth-order valence-electron chi connectivity index (χ4n) is 2.48. The molecular formula is C13H14O3S. The van der Waals surface area contributed by atoms with Crippen LogP contribution < -0.4 is 0 Å². The number of hydrogen-bond acceptors (Lipinski definition) is 3. The monoisotopic (exact) mass is 250 g/mol. The first-order valence-electron chi connectivity index (χ1n) is 5.80. The number of ether oxygens (including phenoxy) is 1. The number of carbonyl (C=O) groups excluding carboxylic acids is 1. The Bertz CT molecular complexity index is 494. The van der Waals surface area contributed by atoms with Crippen molar-refractivity contribution in [3.63, 3.8) is 0 Å². The molecule has 0 N–H and O–H groups in total. The van der Waals surface area contributed by atoms with Gasteiger partial charge < -0.3 is 4.74 Å². The van der Waals surface area contributed by atoms with E-state index < -0.39 is 15.5 Å². The number of carbonyl (C=O) groups is 1. The van der Waals surface area contributed by atoms with Crippen molar-refractivity contribution in [2.24, 2.45) is 5.92 Å². The first-order chi connectivity index (χ1) is 8.14. The van der Waals surface area contributed by atoms with Gasteiger partial charge in [-0.25, -0.2) is 0 Å². The average Bonchev–Trinajstić information content (AvgIpc) is 3.06. The van der Waals surface area contributed by atoms with E-state index in [1.54, 1.807) is 0 Å². The summed E-state index contributed by atoms with van der Waals surface area (Å²) >= 11 is 0. The Morgan fingerprint density at radius 2 is 2.06 bits per heavy atom. The van der Waals surface area contributed by atoms with E-state index in [0.717, 1.165) is 16.9 Å². The van der Waals surface area contributed by atoms with Crippen LogP contribution in [0.25, 0.3) is 0 Å². The van der Waals surface area contributed by atoms with Crippen molar-refractivity contribution in [3.8, 4) is 0 Å². The van der Waals surface area contributed by atoms with Gasteiger partial charge in [0.2, 0.25) is 0 Å². The van der Waals surface area contributed by atoms with Crippen LogP contribution in [-0.2, 0) is 20.3 Å². The Kier molecular flexibility index (Phi) is 2.36. The van der Waals surface area contributed by atoms with Crippen molar-refractivity contribution >= 4 is 16.8 Å². The average molecular weight is 250 g/mol. The third kappa shape index (κ3) is 1.54. The summed E-state index contributed by atoms with van der Waals surface area (Å²) in [5, 5.41) is 0. The predicted molar refractivity (Wildman–Crippen MR) is 64.0 cm³/mol. The lowest BCUT2D eigenvalue weighted by Gasteiger charge is -2.20. The summed E-state index contributed by atoms with van der Waals surface area (Å²) in [6.07, 6.45) is 1.57. The zero-order valence-electron chi connectivity index (χ0n) is 9.64. The molecule has 3 nitrogen and oxygen atoms in total. The molecule has 1 unspecified atom stereocenters. The Morgan fingerprint density at radius 1 is 1.35 bits per heavy atom. The minimum atomic E-state index is -1.27. The maximum atomic E-state index is 12.5. The molecule has 3 atom stereocenters. The van der Waals surface area contributed by atoms with Gasteiger partial charge in [0.25, 0.3) is 0 Å². The Balaban J connectivity index is 1.92. The molecule has 1 aliphatic heterocycles. The second-order valence-corrected chi connectivity index (χ2v) is 6.53. The maximum Gasteiger partial charge on any atom is 0.325 e. The molecule has 1 aromatic carbocycles. The van der Waals surface area contributed by atoms with Crippen molar-refractivity contribution in [2.75, 3.05) is 6.61 Å². The van der Waals surface area contributed by atoms with Gasteiger partial charge in [0.05, 0.1) is 17.4 Å². The third-order valence-electron chi connectivity index (χ3n) is 3.66. The number of fused-ring (bicyclic) bond motifs is 1. The quantitative estimate of drug-likeness (QED) is 0.752. The van der Waals surface area contributed by atoms with Gasteiger partial charge in [0.15, 0.2) is 4.75 Å². The van der Waals surface area contributed by atoms with Gasteiger partial charge in [-0.1, -0.05) is 17.7 Å². The highest BCUT2D eigenvalue weighted by Crippen LogP contribution is 2.55. The van der Waals surface area contributed by atoms with Gasteiger partial charge in [-0.15, -0.1) is 0 Å². The van der Waals surface area contributed by atoms with Gasteiger partial charge in [-0.3, -0.25) is 9.00 Å². The van der Waals surface area contributed by atoms with Crippen LogP contribution >= 0.6 is 0 Å². The zero-order valence-corrected chi connectivity index (χ0v) is 10.5. The topological polar surface area (TPSA) is 43.4 Å². The van der Waals surface area contributed by atoms with Crippen molar-refractivity contribution in [2.45, 2.75) is 29.4 Å². The van der Waals surface area contributed by atoms with Crippen molar-refractivity contribution < 1.29 is 13.7 Å². The number of rotatable bonds is 2. The molecule has 0 amide bonds. The number of aryl methyl sites for hydroxylation is 1. The predicted octanol–water partition coefficient (Wildman–Crippen LogP) is 1.81. The standard InChI is InChI=1S/C13H14O3S/c1-9-2-4-11(5-3-9)17(15)13-8-10(13)6-7-16-12(13)14/h2-5,10H,6-8H2,1H3/t10-,13-,17?/m0/s1. The molecule has 1 saturated heterocycles. The molecule has 0 bridgehead atoms. The molecule has 0 radical (unpaired) electrons. The molecule has 1 saturated carbocycles. The van der Waals surface area contributed by atoms with Gasteiger partial charge in [0.1, 0.15) is 0 Å². The molecule has 2 aliphatic rings. The molecule has 4 heteroatoms. The van der Waals surface area contributed by atoms with Gasteiger partial charge in [0, 0.05) is 4.90 Å². The van der Waals surface area contributed by atoms with Crippen molar-refractivity contribution in [1.29, 1.82) is 0 Å². The fourth-order valence-corrected chi connectivity index (χ4v) is 4.27. The molecule has 90 valence electrons. The van der Waals surface area contributed by atoms with E-state index in [1.807, 2.05) is 31.2 Å². The van der Waals surface area contributed by atoms with Crippen LogP contribution in [0.4, 0.5) is 0 Å². The summed E-state index contributed by atoms with van der Waals surface area (Å²) in [5.74, 6) is -0.0152. The van der Waals surface area contributed by atoms with Crippen LogP contribution in [-0.4, -0.2) is 21.5 Å². The number of cyclic esters (lactones) is 1. The van der Waals surface area contributed by atoms with Gasteiger partial charge in [-0.2, -0.15) is 0 Å². The lowest BCUT2D eigenvalue weighted by Crippen LogP contribution is -2.36. The minimum Gasteiger partial charge on any atom is -0.465 e. The van der Waals surface area contributed by atoms with Crippen LogP contribution in [0.3, 0.4) is 0 Å². The second kappa shape index (κ2) is 3.67. The van der Waals surface area contributed by atoms with Crippen LogP contribution in [0.2, 0.25) is 0 Å². The molecule has 1 heterocycles. The summed E-state index contributed by atoms with van der Waals surface area (Å²) < 4.78 is 16.8. The first-order valence-corrected chi connectivity index (χ1v) is 6.95. The largest absolute Gasteiger partial charge is 0.465 e. The maximum absolute atomic E-state index is 12.5. The molecule has 3 rings (SSSR count).